The van der Waals surface area contributed by atoms with Crippen molar-refractivity contribution in [2.24, 2.45) is 0 Å². The van der Waals surface area contributed by atoms with E-state index in [0.717, 1.165) is 42.4 Å². The maximum atomic E-state index is 13.4. The van der Waals surface area contributed by atoms with Crippen molar-refractivity contribution < 1.29 is 19.0 Å². The van der Waals surface area contributed by atoms with Crippen molar-refractivity contribution in [1.82, 2.24) is 15.2 Å². The quantitative estimate of drug-likeness (QED) is 0.543. The summed E-state index contributed by atoms with van der Waals surface area (Å²) in [6, 6.07) is 13.9. The summed E-state index contributed by atoms with van der Waals surface area (Å²) in [6.07, 6.45) is 2.42. The van der Waals surface area contributed by atoms with E-state index >= 15 is 0 Å². The van der Waals surface area contributed by atoms with Crippen molar-refractivity contribution >= 4 is 22.6 Å². The van der Waals surface area contributed by atoms with Gasteiger partial charge in [0.2, 0.25) is 0 Å². The van der Waals surface area contributed by atoms with Crippen LogP contribution in [0.2, 0.25) is 0 Å². The minimum Gasteiger partial charge on any atom is -0.487 e. The lowest BCUT2D eigenvalue weighted by Gasteiger charge is -2.18. The number of halogens is 1. The number of carbonyl (C=O) groups is 1. The standard InChI is InChI=1S/C23H25FN4O3/c24-19-6-5-17-12-16(3-4-18(17)13-19)14-28-9-7-20(15-28)26-23(30)27-22-21(31-11-10-29)2-1-8-25-22/h1-6,8,12-13,20,29H,7,9-11,14-15H2,(H2,25,26,27,30)/t20-/m1/s1. The van der Waals surface area contributed by atoms with Crippen molar-refractivity contribution in [2.75, 3.05) is 31.6 Å². The lowest BCUT2D eigenvalue weighted by molar-refractivity contribution is 0.201. The highest BCUT2D eigenvalue weighted by molar-refractivity contribution is 5.89. The van der Waals surface area contributed by atoms with Crippen LogP contribution in [0.1, 0.15) is 12.0 Å². The molecule has 8 heteroatoms. The molecule has 0 bridgehead atoms. The molecule has 2 amide bonds. The predicted octanol–water partition coefficient (Wildman–Crippen LogP) is 3.14. The van der Waals surface area contributed by atoms with E-state index in [9.17, 15) is 9.18 Å². The highest BCUT2D eigenvalue weighted by Crippen LogP contribution is 2.22. The fourth-order valence-corrected chi connectivity index (χ4v) is 3.80. The second-order valence-electron chi connectivity index (χ2n) is 7.57. The molecule has 1 atom stereocenters. The number of rotatable bonds is 7. The smallest absolute Gasteiger partial charge is 0.320 e. The Morgan fingerprint density at radius 2 is 2.06 bits per heavy atom. The van der Waals surface area contributed by atoms with Crippen LogP contribution in [0.4, 0.5) is 15.0 Å². The van der Waals surface area contributed by atoms with Gasteiger partial charge >= 0.3 is 6.03 Å². The summed E-state index contributed by atoms with van der Waals surface area (Å²) in [5.74, 6) is 0.497. The van der Waals surface area contributed by atoms with E-state index in [1.165, 1.54) is 12.1 Å². The number of ether oxygens (including phenoxy) is 1. The van der Waals surface area contributed by atoms with Crippen LogP contribution >= 0.6 is 0 Å². The largest absolute Gasteiger partial charge is 0.487 e. The molecule has 1 fully saturated rings. The van der Waals surface area contributed by atoms with Crippen LogP contribution in [0, 0.1) is 5.82 Å². The molecule has 4 rings (SSSR count). The summed E-state index contributed by atoms with van der Waals surface area (Å²) >= 11 is 0. The number of hydrogen-bond acceptors (Lipinski definition) is 5. The second-order valence-corrected chi connectivity index (χ2v) is 7.57. The zero-order chi connectivity index (χ0) is 21.6. The lowest BCUT2D eigenvalue weighted by Crippen LogP contribution is -2.39. The van der Waals surface area contributed by atoms with Crippen LogP contribution < -0.4 is 15.4 Å². The van der Waals surface area contributed by atoms with Gasteiger partial charge in [0.1, 0.15) is 12.4 Å². The number of aliphatic hydroxyl groups excluding tert-OH is 1. The third-order valence-electron chi connectivity index (χ3n) is 5.23. The Bertz CT molecular complexity index is 1060. The molecule has 2 aromatic carbocycles. The highest BCUT2D eigenvalue weighted by Gasteiger charge is 2.24. The molecule has 0 saturated carbocycles. The summed E-state index contributed by atoms with van der Waals surface area (Å²) in [6.45, 7) is 2.40. The number of aromatic nitrogens is 1. The first-order chi connectivity index (χ1) is 15.1. The van der Waals surface area contributed by atoms with Crippen LogP contribution in [-0.4, -0.2) is 53.4 Å². The third-order valence-corrected chi connectivity index (χ3v) is 5.23. The van der Waals surface area contributed by atoms with Crippen molar-refractivity contribution in [3.63, 3.8) is 0 Å². The molecule has 0 spiro atoms. The van der Waals surface area contributed by atoms with Crippen LogP contribution in [-0.2, 0) is 6.54 Å². The van der Waals surface area contributed by atoms with Gasteiger partial charge in [-0.2, -0.15) is 0 Å². The molecule has 2 heterocycles. The van der Waals surface area contributed by atoms with Gasteiger partial charge in [0.05, 0.1) is 6.61 Å². The Balaban J connectivity index is 1.30. The number of anilines is 1. The molecule has 1 aliphatic rings. The molecule has 1 aliphatic heterocycles. The number of amides is 2. The number of urea groups is 1. The molecular formula is C23H25FN4O3. The number of benzene rings is 2. The Morgan fingerprint density at radius 1 is 1.23 bits per heavy atom. The molecule has 7 nitrogen and oxygen atoms in total. The summed E-state index contributed by atoms with van der Waals surface area (Å²) in [4.78, 5) is 18.8. The van der Waals surface area contributed by atoms with Gasteiger partial charge in [-0.25, -0.2) is 14.2 Å². The molecule has 162 valence electrons. The van der Waals surface area contributed by atoms with Gasteiger partial charge in [-0.15, -0.1) is 0 Å². The van der Waals surface area contributed by atoms with Crippen LogP contribution in [0.15, 0.2) is 54.7 Å². The third kappa shape index (κ3) is 5.48. The molecule has 3 N–H and O–H groups in total. The highest BCUT2D eigenvalue weighted by atomic mass is 19.1. The minimum atomic E-state index is -0.341. The number of hydrogen-bond donors (Lipinski definition) is 3. The molecule has 1 aromatic heterocycles. The number of likely N-dealkylation sites (tertiary alicyclic amines) is 1. The van der Waals surface area contributed by atoms with Gasteiger partial charge < -0.3 is 15.2 Å². The summed E-state index contributed by atoms with van der Waals surface area (Å²) in [5.41, 5.74) is 1.16. The molecule has 0 radical (unpaired) electrons. The van der Waals surface area contributed by atoms with Gasteiger partial charge in [-0.05, 0) is 53.1 Å². The molecular weight excluding hydrogens is 399 g/mol. The number of carbonyl (C=O) groups excluding carboxylic acids is 1. The SMILES string of the molecule is O=C(Nc1ncccc1OCCO)N[C@@H]1CCN(Cc2ccc3cc(F)ccc3c2)C1. The van der Waals surface area contributed by atoms with E-state index in [-0.39, 0.29) is 31.1 Å². The molecule has 31 heavy (non-hydrogen) atoms. The Hall–Kier alpha value is -3.23. The topological polar surface area (TPSA) is 86.7 Å². The average molecular weight is 424 g/mol. The average Bonchev–Trinajstić information content (AvgIpc) is 3.19. The molecule has 1 saturated heterocycles. The van der Waals surface area contributed by atoms with Gasteiger partial charge in [0.15, 0.2) is 11.6 Å². The minimum absolute atomic E-state index is 0.0278. The maximum absolute atomic E-state index is 13.4. The van der Waals surface area contributed by atoms with Gasteiger partial charge in [0.25, 0.3) is 0 Å². The maximum Gasteiger partial charge on any atom is 0.320 e. The van der Waals surface area contributed by atoms with Crippen molar-refractivity contribution in [2.45, 2.75) is 19.0 Å². The van der Waals surface area contributed by atoms with E-state index in [2.05, 4.69) is 26.6 Å². The fourth-order valence-electron chi connectivity index (χ4n) is 3.80. The Morgan fingerprint density at radius 3 is 2.94 bits per heavy atom. The van der Waals surface area contributed by atoms with Crippen molar-refractivity contribution in [3.8, 4) is 5.75 Å². The van der Waals surface area contributed by atoms with Gasteiger partial charge in [0, 0.05) is 31.9 Å². The van der Waals surface area contributed by atoms with Crippen molar-refractivity contribution in [1.29, 1.82) is 0 Å². The normalized spacial score (nSPS) is 16.4. The molecule has 3 aromatic rings. The Labute approximate surface area is 179 Å². The Kier molecular flexibility index (Phi) is 6.59. The lowest BCUT2D eigenvalue weighted by atomic mass is 10.1. The van der Waals surface area contributed by atoms with Gasteiger partial charge in [-0.1, -0.05) is 18.2 Å². The molecule has 0 unspecified atom stereocenters. The first kappa shape index (κ1) is 21.0. The zero-order valence-electron chi connectivity index (χ0n) is 17.1. The number of nitrogens with zero attached hydrogens (tertiary/aromatic N) is 2. The van der Waals surface area contributed by atoms with Crippen LogP contribution in [0.5, 0.6) is 5.75 Å². The van der Waals surface area contributed by atoms with E-state index in [1.807, 2.05) is 12.1 Å². The number of fused-ring (bicyclic) bond motifs is 1. The summed E-state index contributed by atoms with van der Waals surface area (Å²) < 4.78 is 18.8. The second kappa shape index (κ2) is 9.72. The molecule has 0 aliphatic carbocycles. The number of pyridine rings is 1. The van der Waals surface area contributed by atoms with E-state index in [0.29, 0.717) is 11.6 Å². The fraction of sp³-hybridized carbons (Fsp3) is 0.304. The summed E-state index contributed by atoms with van der Waals surface area (Å²) in [7, 11) is 0. The monoisotopic (exact) mass is 424 g/mol. The first-order valence-electron chi connectivity index (χ1n) is 10.3. The predicted molar refractivity (Wildman–Crippen MR) is 117 cm³/mol. The van der Waals surface area contributed by atoms with Crippen LogP contribution in [0.25, 0.3) is 10.8 Å². The number of nitrogens with one attached hydrogen (secondary N) is 2. The van der Waals surface area contributed by atoms with Gasteiger partial charge in [-0.3, -0.25) is 10.2 Å². The van der Waals surface area contributed by atoms with E-state index < -0.39 is 0 Å². The zero-order valence-corrected chi connectivity index (χ0v) is 17.1. The first-order valence-corrected chi connectivity index (χ1v) is 10.3. The van der Waals surface area contributed by atoms with E-state index in [1.54, 1.807) is 24.4 Å². The summed E-state index contributed by atoms with van der Waals surface area (Å²) in [5, 5.41) is 16.5. The number of aliphatic hydroxyl groups is 1. The van der Waals surface area contributed by atoms with E-state index in [4.69, 9.17) is 9.84 Å². The van der Waals surface area contributed by atoms with Crippen LogP contribution in [0.3, 0.4) is 0 Å². The van der Waals surface area contributed by atoms with Crippen molar-refractivity contribution in [3.05, 3.63) is 66.1 Å².